The van der Waals surface area contributed by atoms with Crippen LogP contribution in [-0.4, -0.2) is 43.0 Å². The minimum Gasteiger partial charge on any atom is -0.491 e. The van der Waals surface area contributed by atoms with Crippen LogP contribution < -0.4 is 10.1 Å². The largest absolute Gasteiger partial charge is 0.491 e. The Morgan fingerprint density at radius 2 is 1.89 bits per heavy atom. The van der Waals surface area contributed by atoms with Gasteiger partial charge in [-0.1, -0.05) is 24.3 Å². The molecule has 1 aromatic heterocycles. The van der Waals surface area contributed by atoms with Crippen LogP contribution in [0.1, 0.15) is 15.4 Å². The molecule has 2 aromatic carbocycles. The summed E-state index contributed by atoms with van der Waals surface area (Å²) < 4.78 is 5.78. The van der Waals surface area contributed by atoms with Crippen LogP contribution in [0.15, 0.2) is 53.9 Å². The van der Waals surface area contributed by atoms with E-state index in [9.17, 15) is 4.79 Å². The molecule has 0 bridgehead atoms. The molecule has 6 heteroatoms. The molecule has 0 radical (unpaired) electrons. The van der Waals surface area contributed by atoms with Gasteiger partial charge in [-0.15, -0.1) is 11.3 Å². The van der Waals surface area contributed by atoms with Gasteiger partial charge >= 0.3 is 0 Å². The Labute approximate surface area is 163 Å². The van der Waals surface area contributed by atoms with Crippen molar-refractivity contribution in [1.29, 1.82) is 0 Å². The van der Waals surface area contributed by atoms with Crippen molar-refractivity contribution in [2.45, 2.75) is 6.92 Å². The SMILES string of the molecule is Cc1nc(-c2ccc(NC(=O)c3ccccc3OCCN(C)C)cc2)cs1. The number of hydrogen-bond acceptors (Lipinski definition) is 5. The number of likely N-dealkylation sites (N-methyl/N-ethyl adjacent to an activating group) is 1. The van der Waals surface area contributed by atoms with Crippen LogP contribution in [0.2, 0.25) is 0 Å². The highest BCUT2D eigenvalue weighted by Gasteiger charge is 2.13. The Kier molecular flexibility index (Phi) is 6.21. The smallest absolute Gasteiger partial charge is 0.259 e. The highest BCUT2D eigenvalue weighted by Crippen LogP contribution is 2.24. The average Bonchev–Trinajstić information content (AvgIpc) is 3.09. The Balaban J connectivity index is 1.68. The Morgan fingerprint density at radius 3 is 2.56 bits per heavy atom. The predicted octanol–water partition coefficient (Wildman–Crippen LogP) is 4.31. The van der Waals surface area contributed by atoms with Crippen LogP contribution in [0.25, 0.3) is 11.3 Å². The van der Waals surface area contributed by atoms with Gasteiger partial charge in [-0.25, -0.2) is 4.98 Å². The fraction of sp³-hybridized carbons (Fsp3) is 0.238. The lowest BCUT2D eigenvalue weighted by Crippen LogP contribution is -2.20. The highest BCUT2D eigenvalue weighted by atomic mass is 32.1. The Morgan fingerprint density at radius 1 is 1.15 bits per heavy atom. The first kappa shape index (κ1) is 19.1. The number of aryl methyl sites for hydroxylation is 1. The standard InChI is InChI=1S/C21H23N3O2S/c1-15-22-19(14-27-15)16-8-10-17(11-9-16)23-21(25)18-6-4-5-7-20(18)26-13-12-24(2)3/h4-11,14H,12-13H2,1-3H3,(H,23,25). The van der Waals surface area contributed by atoms with Crippen molar-refractivity contribution in [3.8, 4) is 17.0 Å². The topological polar surface area (TPSA) is 54.5 Å². The summed E-state index contributed by atoms with van der Waals surface area (Å²) in [6.07, 6.45) is 0. The van der Waals surface area contributed by atoms with E-state index in [1.807, 2.05) is 73.8 Å². The summed E-state index contributed by atoms with van der Waals surface area (Å²) in [5.41, 5.74) is 3.24. The second kappa shape index (κ2) is 8.79. The third-order valence-electron chi connectivity index (χ3n) is 3.99. The normalized spacial score (nSPS) is 10.8. The molecule has 0 unspecified atom stereocenters. The van der Waals surface area contributed by atoms with Gasteiger partial charge in [-0.3, -0.25) is 4.79 Å². The maximum atomic E-state index is 12.7. The second-order valence-electron chi connectivity index (χ2n) is 6.43. The zero-order valence-electron chi connectivity index (χ0n) is 15.7. The lowest BCUT2D eigenvalue weighted by Gasteiger charge is -2.14. The molecule has 1 N–H and O–H groups in total. The molecule has 0 fully saturated rings. The summed E-state index contributed by atoms with van der Waals surface area (Å²) >= 11 is 1.62. The van der Waals surface area contributed by atoms with Crippen molar-refractivity contribution in [2.75, 3.05) is 32.6 Å². The summed E-state index contributed by atoms with van der Waals surface area (Å²) in [7, 11) is 3.97. The molecule has 0 aliphatic rings. The predicted molar refractivity (Wildman–Crippen MR) is 111 cm³/mol. The van der Waals surface area contributed by atoms with E-state index >= 15 is 0 Å². The fourth-order valence-electron chi connectivity index (χ4n) is 2.54. The third-order valence-corrected chi connectivity index (χ3v) is 4.76. The number of anilines is 1. The number of nitrogens with zero attached hydrogens (tertiary/aromatic N) is 2. The van der Waals surface area contributed by atoms with E-state index in [4.69, 9.17) is 4.74 Å². The molecule has 0 aliphatic heterocycles. The number of carbonyl (C=O) groups is 1. The zero-order chi connectivity index (χ0) is 19.2. The van der Waals surface area contributed by atoms with Gasteiger partial charge in [0.2, 0.25) is 0 Å². The second-order valence-corrected chi connectivity index (χ2v) is 7.49. The molecule has 140 valence electrons. The van der Waals surface area contributed by atoms with Crippen molar-refractivity contribution in [3.63, 3.8) is 0 Å². The summed E-state index contributed by atoms with van der Waals surface area (Å²) in [6.45, 7) is 3.30. The van der Waals surface area contributed by atoms with Crippen molar-refractivity contribution in [3.05, 3.63) is 64.5 Å². The van der Waals surface area contributed by atoms with Gasteiger partial charge in [0.25, 0.3) is 5.91 Å². The number of aromatic nitrogens is 1. The molecule has 3 rings (SSSR count). The number of hydrogen-bond donors (Lipinski definition) is 1. The number of ether oxygens (including phenoxy) is 1. The van der Waals surface area contributed by atoms with E-state index in [0.29, 0.717) is 17.9 Å². The Bertz CT molecular complexity index is 904. The highest BCUT2D eigenvalue weighted by molar-refractivity contribution is 7.09. The summed E-state index contributed by atoms with van der Waals surface area (Å²) in [5.74, 6) is 0.402. The number of benzene rings is 2. The molecule has 5 nitrogen and oxygen atoms in total. The van der Waals surface area contributed by atoms with E-state index in [-0.39, 0.29) is 5.91 Å². The summed E-state index contributed by atoms with van der Waals surface area (Å²) in [6, 6.07) is 15.0. The molecule has 0 aliphatic carbocycles. The number of thiazole rings is 1. The van der Waals surface area contributed by atoms with Gasteiger partial charge in [0.05, 0.1) is 16.3 Å². The zero-order valence-corrected chi connectivity index (χ0v) is 16.5. The molecule has 3 aromatic rings. The molecule has 1 heterocycles. The third kappa shape index (κ3) is 5.15. The first-order valence-corrected chi connectivity index (χ1v) is 9.61. The first-order valence-electron chi connectivity index (χ1n) is 8.73. The van der Waals surface area contributed by atoms with Crippen LogP contribution in [0.3, 0.4) is 0 Å². The van der Waals surface area contributed by atoms with Gasteiger partial charge in [-0.05, 0) is 45.3 Å². The van der Waals surface area contributed by atoms with Crippen molar-refractivity contribution >= 4 is 22.9 Å². The van der Waals surface area contributed by atoms with Gasteiger partial charge < -0.3 is 15.0 Å². The number of rotatable bonds is 7. The van der Waals surface area contributed by atoms with Crippen LogP contribution in [-0.2, 0) is 0 Å². The first-order chi connectivity index (χ1) is 13.0. The maximum absolute atomic E-state index is 12.7. The van der Waals surface area contributed by atoms with E-state index in [1.54, 1.807) is 17.4 Å². The number of amides is 1. The van der Waals surface area contributed by atoms with Gasteiger partial charge in [0.1, 0.15) is 12.4 Å². The van der Waals surface area contributed by atoms with Gasteiger partial charge in [-0.2, -0.15) is 0 Å². The van der Waals surface area contributed by atoms with Gasteiger partial charge in [0, 0.05) is 23.2 Å². The molecule has 0 saturated heterocycles. The summed E-state index contributed by atoms with van der Waals surface area (Å²) in [5, 5.41) is 6.00. The molecular formula is C21H23N3O2S. The van der Waals surface area contributed by atoms with E-state index in [2.05, 4.69) is 10.3 Å². The molecule has 0 saturated carbocycles. The molecule has 0 atom stereocenters. The van der Waals surface area contributed by atoms with E-state index in [0.717, 1.165) is 28.5 Å². The fourth-order valence-corrected chi connectivity index (χ4v) is 3.16. The molecule has 0 spiro atoms. The monoisotopic (exact) mass is 381 g/mol. The lowest BCUT2D eigenvalue weighted by molar-refractivity contribution is 0.102. The van der Waals surface area contributed by atoms with E-state index < -0.39 is 0 Å². The number of carbonyl (C=O) groups excluding carboxylic acids is 1. The number of nitrogens with one attached hydrogen (secondary N) is 1. The quantitative estimate of drug-likeness (QED) is 0.663. The molecular weight excluding hydrogens is 358 g/mol. The van der Waals surface area contributed by atoms with E-state index in [1.165, 1.54) is 0 Å². The van der Waals surface area contributed by atoms with Gasteiger partial charge in [0.15, 0.2) is 0 Å². The van der Waals surface area contributed by atoms with Crippen molar-refractivity contribution in [2.24, 2.45) is 0 Å². The van der Waals surface area contributed by atoms with Crippen LogP contribution in [0.4, 0.5) is 5.69 Å². The van der Waals surface area contributed by atoms with Crippen LogP contribution in [0.5, 0.6) is 5.75 Å². The van der Waals surface area contributed by atoms with Crippen molar-refractivity contribution in [1.82, 2.24) is 9.88 Å². The average molecular weight is 382 g/mol. The lowest BCUT2D eigenvalue weighted by atomic mass is 10.1. The molecule has 1 amide bonds. The Hall–Kier alpha value is -2.70. The maximum Gasteiger partial charge on any atom is 0.259 e. The van der Waals surface area contributed by atoms with Crippen molar-refractivity contribution < 1.29 is 9.53 Å². The van der Waals surface area contributed by atoms with Crippen LogP contribution >= 0.6 is 11.3 Å². The minimum absolute atomic E-state index is 0.187. The minimum atomic E-state index is -0.187. The summed E-state index contributed by atoms with van der Waals surface area (Å²) in [4.78, 5) is 19.2. The van der Waals surface area contributed by atoms with Crippen LogP contribution in [0, 0.1) is 6.92 Å². The molecule has 27 heavy (non-hydrogen) atoms. The number of para-hydroxylation sites is 1.